The van der Waals surface area contributed by atoms with Gasteiger partial charge in [-0.15, -0.1) is 0 Å². The van der Waals surface area contributed by atoms with Gasteiger partial charge in [-0.3, -0.25) is 89.0 Å². The van der Waals surface area contributed by atoms with Gasteiger partial charge in [0.1, 0.15) is 0 Å². The number of rotatable bonds is 17. The predicted molar refractivity (Wildman–Crippen MR) is 432 cm³/mol. The van der Waals surface area contributed by atoms with Gasteiger partial charge in [0.05, 0.1) is 51.2 Å². The minimum absolute atomic E-state index is 0.166. The fraction of sp³-hybridized carbons (Fsp3) is 0.500. The van der Waals surface area contributed by atoms with E-state index < -0.39 is 0 Å². The van der Waals surface area contributed by atoms with Gasteiger partial charge in [-0.2, -0.15) is 0 Å². The van der Waals surface area contributed by atoms with Crippen molar-refractivity contribution >= 4 is 0 Å². The average molecular weight is 1440 g/mol. The first kappa shape index (κ1) is 71.6. The van der Waals surface area contributed by atoms with E-state index in [-0.39, 0.29) is 42.3 Å². The number of pyridine rings is 9. The number of hydrogen-bond acceptors (Lipinski definition) is 18. The Kier molecular flexibility index (Phi) is 20.1. The van der Waals surface area contributed by atoms with E-state index in [1.54, 1.807) is 0 Å². The summed E-state index contributed by atoms with van der Waals surface area (Å²) in [5.74, 6) is 0. The minimum Gasteiger partial charge on any atom is -0.299 e. The van der Waals surface area contributed by atoms with Crippen LogP contribution in [-0.4, -0.2) is 211 Å². The average Bonchev–Trinajstić information content (AvgIpc) is 0.767. The molecule has 9 aliphatic rings. The molecule has 0 aromatic carbocycles. The second-order valence-electron chi connectivity index (χ2n) is 33.9. The third kappa shape index (κ3) is 13.5. The van der Waals surface area contributed by atoms with Gasteiger partial charge in [-0.05, 0) is 343 Å². The molecule has 0 bridgehead atoms. The van der Waals surface area contributed by atoms with Crippen molar-refractivity contribution in [2.45, 2.75) is 170 Å². The molecule has 9 aromatic rings. The Hall–Kier alpha value is -8.01. The Morgan fingerprint density at radius 2 is 0.370 bits per heavy atom. The van der Waals surface area contributed by atoms with Crippen LogP contribution >= 0.6 is 0 Å². The molecule has 0 radical (unpaired) electrons. The molecule has 18 heterocycles. The molecule has 0 spiro atoms. The molecule has 9 atom stereocenters. The normalized spacial score (nSPS) is 26.1. The predicted octanol–water partition coefficient (Wildman–Crippen LogP) is 16.5. The molecule has 18 rings (SSSR count). The van der Waals surface area contributed by atoms with Crippen LogP contribution in [-0.2, 0) is 0 Å². The lowest BCUT2D eigenvalue weighted by atomic mass is 9.87. The molecule has 108 heavy (non-hydrogen) atoms. The first-order valence-corrected chi connectivity index (χ1v) is 41.0. The first-order chi connectivity index (χ1) is 52.7. The van der Waals surface area contributed by atoms with Gasteiger partial charge in [0.2, 0.25) is 0 Å². The molecule has 0 amide bonds. The van der Waals surface area contributed by atoms with E-state index in [1.807, 2.05) is 0 Å². The van der Waals surface area contributed by atoms with Gasteiger partial charge in [-0.25, -0.2) is 0 Å². The van der Waals surface area contributed by atoms with Crippen molar-refractivity contribution in [2.24, 2.45) is 0 Å². The number of nitrogens with zero attached hydrogens (tertiary/aromatic N) is 18. The molecule has 560 valence electrons. The number of hydrogen-bond donors (Lipinski definition) is 0. The van der Waals surface area contributed by atoms with Gasteiger partial charge < -0.3 is 0 Å². The van der Waals surface area contributed by atoms with Crippen LogP contribution in [0.1, 0.15) is 220 Å². The zero-order valence-corrected chi connectivity index (χ0v) is 65.4. The van der Waals surface area contributed by atoms with E-state index in [1.165, 1.54) is 62.9 Å². The van der Waals surface area contributed by atoms with Crippen molar-refractivity contribution in [3.05, 3.63) is 173 Å². The smallest absolute Gasteiger partial charge is 0.0980 e. The van der Waals surface area contributed by atoms with Crippen LogP contribution in [0.15, 0.2) is 123 Å². The van der Waals surface area contributed by atoms with Crippen LogP contribution in [0.25, 0.3) is 90.2 Å². The van der Waals surface area contributed by atoms with Gasteiger partial charge in [0.15, 0.2) is 0 Å². The Balaban J connectivity index is 0.891. The maximum Gasteiger partial charge on any atom is 0.0980 e. The van der Waals surface area contributed by atoms with Crippen molar-refractivity contribution in [1.82, 2.24) is 89.0 Å². The van der Waals surface area contributed by atoms with Crippen LogP contribution in [0.2, 0.25) is 0 Å². The molecule has 9 fully saturated rings. The highest BCUT2D eigenvalue weighted by Crippen LogP contribution is 2.51. The quantitative estimate of drug-likeness (QED) is 0.0851. The highest BCUT2D eigenvalue weighted by Gasteiger charge is 2.37. The molecule has 0 N–H and O–H groups in total. The van der Waals surface area contributed by atoms with E-state index >= 15 is 0 Å². The minimum atomic E-state index is 0.166. The van der Waals surface area contributed by atoms with Crippen molar-refractivity contribution in [3.8, 4) is 90.2 Å². The molecule has 18 heteroatoms. The lowest BCUT2D eigenvalue weighted by molar-refractivity contribution is 0.316. The van der Waals surface area contributed by atoms with Crippen LogP contribution in [0.5, 0.6) is 0 Å². The molecule has 9 aromatic heterocycles. The van der Waals surface area contributed by atoms with Crippen LogP contribution in [0.3, 0.4) is 0 Å². The lowest BCUT2D eigenvalue weighted by Crippen LogP contribution is -2.19. The molecule has 8 unspecified atom stereocenters. The summed E-state index contributed by atoms with van der Waals surface area (Å²) in [7, 11) is 20.4. The topological polar surface area (TPSA) is 145 Å². The van der Waals surface area contributed by atoms with Crippen LogP contribution in [0.4, 0.5) is 0 Å². The summed E-state index contributed by atoms with van der Waals surface area (Å²) in [6.07, 6.45) is 39.4. The summed E-state index contributed by atoms with van der Waals surface area (Å²) >= 11 is 0. The summed E-state index contributed by atoms with van der Waals surface area (Å²) in [6.45, 7) is 9.42. The van der Waals surface area contributed by atoms with Gasteiger partial charge in [-0.1, -0.05) is 12.1 Å². The van der Waals surface area contributed by atoms with Crippen LogP contribution < -0.4 is 0 Å². The Bertz CT molecular complexity index is 4770. The third-order valence-corrected chi connectivity index (χ3v) is 27.1. The number of likely N-dealkylation sites (tertiary alicyclic amines) is 9. The largest absolute Gasteiger partial charge is 0.299 e. The zero-order valence-electron chi connectivity index (χ0n) is 65.4. The summed E-state index contributed by atoms with van der Waals surface area (Å²) in [5.41, 5.74) is 25.3. The van der Waals surface area contributed by atoms with Crippen molar-refractivity contribution < 1.29 is 0 Å². The summed E-state index contributed by atoms with van der Waals surface area (Å²) in [5, 5.41) is 0. The Morgan fingerprint density at radius 1 is 0.194 bits per heavy atom. The van der Waals surface area contributed by atoms with Crippen molar-refractivity contribution in [1.29, 1.82) is 0 Å². The fourth-order valence-corrected chi connectivity index (χ4v) is 20.9. The summed E-state index contributed by atoms with van der Waals surface area (Å²) in [6, 6.07) is 28.3. The zero-order chi connectivity index (χ0) is 73.4. The van der Waals surface area contributed by atoms with Gasteiger partial charge in [0, 0.05) is 149 Å². The van der Waals surface area contributed by atoms with E-state index in [0.717, 1.165) is 252 Å². The second kappa shape index (κ2) is 30.3. The monoisotopic (exact) mass is 1440 g/mol. The lowest BCUT2D eigenvalue weighted by Gasteiger charge is -2.26. The standard InChI is InChI=1S/C90H110N18/c1-100-32-10-19-75(100)57-28-30-73(91-48-57)66-41-59(77-21-12-34-102(77)3)50-93-84(66)67-42-60(78-22-13-35-103(78)4)51-94-85(67)68-43-61(79-23-14-36-104(79)5)52-95-86(68)69-44-62(80-24-15-37-105(80)6)53-96-87(69)70-45-63(81-25-16-38-106(81)7)54-97-88(70)71-46-64(82-26-17-39-107(82)8)55-98-89(71)72-47-65(83-27-18-40-108(83)9)56-99-90(72)74-31-29-58(49-92-74)76-20-11-33-101(76)2/h28-31,41-56,75-83H,10-27,32-40H2,1-9H3/t75?,76-,77?,78?,79?,80?,81?,82?,83?/m1/s1. The van der Waals surface area contributed by atoms with E-state index in [0.29, 0.717) is 12.1 Å². The molecular weight excluding hydrogens is 1330 g/mol. The first-order valence-electron chi connectivity index (χ1n) is 41.0. The molecule has 18 nitrogen and oxygen atoms in total. The van der Waals surface area contributed by atoms with Crippen molar-refractivity contribution in [2.75, 3.05) is 122 Å². The summed E-state index contributed by atoms with van der Waals surface area (Å²) in [4.78, 5) is 74.3. The number of aromatic nitrogens is 9. The maximum absolute atomic E-state index is 5.99. The molecule has 9 aliphatic heterocycles. The second-order valence-corrected chi connectivity index (χ2v) is 33.9. The van der Waals surface area contributed by atoms with Crippen molar-refractivity contribution in [3.63, 3.8) is 0 Å². The van der Waals surface area contributed by atoms with Gasteiger partial charge >= 0.3 is 0 Å². The highest BCUT2D eigenvalue weighted by atomic mass is 15.2. The van der Waals surface area contributed by atoms with E-state index in [2.05, 4.69) is 230 Å². The summed E-state index contributed by atoms with van der Waals surface area (Å²) < 4.78 is 0. The molecule has 0 saturated carbocycles. The fourth-order valence-electron chi connectivity index (χ4n) is 20.9. The molecular formula is C90H110N18. The molecule has 0 aliphatic carbocycles. The molecule has 9 saturated heterocycles. The maximum atomic E-state index is 5.99. The Morgan fingerprint density at radius 3 is 0.574 bits per heavy atom. The Labute approximate surface area is 640 Å². The van der Waals surface area contributed by atoms with E-state index in [4.69, 9.17) is 44.9 Å². The SMILES string of the molecule is CN1CCCC1c1ccc(-c2cc(C3CCCN3C)cnc2-c2cc(C3CCCN3C)cnc2-c2cc(C3CCCN3C)cnc2-c2cc(C3CCCN3C)cnc2-c2cc(C3CCCN3C)cnc2-c2cc(C3CCCN3C)cnc2-c2cc(C3CCCN3C)cnc2-c2ccc([C@H]3CCCN3C)cn2)nc1. The third-order valence-electron chi connectivity index (χ3n) is 27.1. The van der Waals surface area contributed by atoms with Gasteiger partial charge in [0.25, 0.3) is 0 Å². The highest BCUT2D eigenvalue weighted by molar-refractivity contribution is 5.98. The van der Waals surface area contributed by atoms with E-state index in [9.17, 15) is 0 Å². The van der Waals surface area contributed by atoms with Crippen LogP contribution in [0, 0.1) is 0 Å².